The molecule has 176 valence electrons. The second-order valence-corrected chi connectivity index (χ2v) is 9.11. The molecule has 33 heavy (non-hydrogen) atoms. The summed E-state index contributed by atoms with van der Waals surface area (Å²) < 4.78 is 62.1. The zero-order valence-electron chi connectivity index (χ0n) is 17.6. The van der Waals surface area contributed by atoms with Crippen molar-refractivity contribution in [3.8, 4) is 0 Å². The van der Waals surface area contributed by atoms with E-state index in [4.69, 9.17) is 22.1 Å². The number of aromatic nitrogens is 1. The molecule has 1 spiro atoms. The summed E-state index contributed by atoms with van der Waals surface area (Å²) >= 11 is 5.66. The maximum absolute atomic E-state index is 14.9. The molecule has 3 N–H and O–H groups in total. The smallest absolute Gasteiger partial charge is 0.283 e. The topological polar surface area (TPSA) is 89.6 Å². The Bertz CT molecular complexity index is 1130. The van der Waals surface area contributed by atoms with E-state index in [2.05, 4.69) is 15.3 Å². The summed E-state index contributed by atoms with van der Waals surface area (Å²) in [4.78, 5) is 20.4. The number of amidine groups is 1. The number of aliphatic imine (C=N–C) groups is 1. The van der Waals surface area contributed by atoms with Crippen molar-refractivity contribution in [3.05, 3.63) is 58.4 Å². The number of nitrogens with two attached hydrogens (primary N) is 1. The number of carbonyl (C=O) groups is 1. The van der Waals surface area contributed by atoms with Gasteiger partial charge in [-0.3, -0.25) is 4.79 Å². The number of ether oxygens (including phenoxy) is 1. The van der Waals surface area contributed by atoms with Gasteiger partial charge in [0.2, 0.25) is 5.92 Å². The van der Waals surface area contributed by atoms with Crippen LogP contribution >= 0.6 is 11.6 Å². The van der Waals surface area contributed by atoms with Crippen LogP contribution in [-0.2, 0) is 10.3 Å². The van der Waals surface area contributed by atoms with E-state index in [1.807, 2.05) is 0 Å². The highest BCUT2D eigenvalue weighted by Crippen LogP contribution is 2.49. The first-order valence-electron chi connectivity index (χ1n) is 10.3. The fraction of sp³-hybridized carbons (Fsp3) is 0.409. The fourth-order valence-corrected chi connectivity index (χ4v) is 4.63. The Morgan fingerprint density at radius 2 is 1.85 bits per heavy atom. The van der Waals surface area contributed by atoms with Gasteiger partial charge in [0.25, 0.3) is 11.9 Å². The summed E-state index contributed by atoms with van der Waals surface area (Å²) in [5.74, 6) is -5.17. The van der Waals surface area contributed by atoms with Gasteiger partial charge in [-0.25, -0.2) is 27.5 Å². The molecule has 2 aromatic rings. The van der Waals surface area contributed by atoms with E-state index < -0.39 is 40.3 Å². The van der Waals surface area contributed by atoms with Gasteiger partial charge < -0.3 is 15.8 Å². The quantitative estimate of drug-likeness (QED) is 0.589. The average molecular weight is 485 g/mol. The van der Waals surface area contributed by atoms with Gasteiger partial charge in [-0.15, -0.1) is 0 Å². The average Bonchev–Trinajstić information content (AvgIpc) is 2.71. The van der Waals surface area contributed by atoms with Crippen molar-refractivity contribution >= 4 is 29.2 Å². The summed E-state index contributed by atoms with van der Waals surface area (Å²) in [6, 6.07) is 4.53. The van der Waals surface area contributed by atoms with E-state index in [0.29, 0.717) is 0 Å². The maximum Gasteiger partial charge on any atom is 0.283 e. The van der Waals surface area contributed by atoms with Crippen LogP contribution in [0.5, 0.6) is 0 Å². The zero-order chi connectivity index (χ0) is 24.0. The molecular weight excluding hydrogens is 464 g/mol. The molecule has 0 bridgehead atoms. The summed E-state index contributed by atoms with van der Waals surface area (Å²) in [5.41, 5.74) is 3.43. The lowest BCUT2D eigenvalue weighted by Gasteiger charge is -2.47. The van der Waals surface area contributed by atoms with Gasteiger partial charge in [0.15, 0.2) is 11.5 Å². The highest BCUT2D eigenvalue weighted by Gasteiger charge is 2.51. The molecule has 1 saturated carbocycles. The lowest BCUT2D eigenvalue weighted by Crippen LogP contribution is -2.51. The van der Waals surface area contributed by atoms with Crippen molar-refractivity contribution in [1.29, 1.82) is 0 Å². The first-order valence-corrected chi connectivity index (χ1v) is 10.6. The second kappa shape index (κ2) is 8.16. The number of hydrogen-bond acceptors (Lipinski definition) is 5. The van der Waals surface area contributed by atoms with Crippen molar-refractivity contribution in [2.75, 3.05) is 5.32 Å². The van der Waals surface area contributed by atoms with Crippen LogP contribution in [0, 0.1) is 11.6 Å². The van der Waals surface area contributed by atoms with Gasteiger partial charge in [0, 0.05) is 36.7 Å². The lowest BCUT2D eigenvalue weighted by atomic mass is 9.72. The van der Waals surface area contributed by atoms with Crippen LogP contribution in [0.15, 0.2) is 35.5 Å². The van der Waals surface area contributed by atoms with E-state index in [1.165, 1.54) is 12.1 Å². The maximum atomic E-state index is 14.9. The van der Waals surface area contributed by atoms with E-state index in [9.17, 15) is 22.4 Å². The number of rotatable bonds is 3. The number of pyridine rings is 1. The Morgan fingerprint density at radius 3 is 2.52 bits per heavy atom. The van der Waals surface area contributed by atoms with Crippen molar-refractivity contribution in [1.82, 2.24) is 4.98 Å². The summed E-state index contributed by atoms with van der Waals surface area (Å²) in [5, 5.41) is 2.51. The normalized spacial score (nSPS) is 23.5. The predicted molar refractivity (Wildman–Crippen MR) is 114 cm³/mol. The standard InChI is InChI=1S/C22H21ClF4N4O2/c1-20(11-21(33-19(28)31-20)4-6-22(26,27)7-5-21)14-9-13(2-3-15(14)24)30-18(32)17-16(25)8-12(23)10-29-17/h2-3,8-10H,4-7,11H2,1H3,(H2,28,31)(H,30,32). The Labute approximate surface area is 192 Å². The molecule has 4 rings (SSSR count). The Kier molecular flexibility index (Phi) is 5.76. The number of amides is 1. The van der Waals surface area contributed by atoms with E-state index in [1.54, 1.807) is 6.92 Å². The van der Waals surface area contributed by atoms with Crippen molar-refractivity contribution in [2.45, 2.75) is 56.1 Å². The van der Waals surface area contributed by atoms with Crippen LogP contribution in [0.2, 0.25) is 5.02 Å². The number of halogens is 5. The van der Waals surface area contributed by atoms with E-state index >= 15 is 0 Å². The molecule has 11 heteroatoms. The van der Waals surface area contributed by atoms with Crippen LogP contribution in [0.3, 0.4) is 0 Å². The molecule has 1 fully saturated rings. The molecule has 2 aliphatic rings. The van der Waals surface area contributed by atoms with Crippen molar-refractivity contribution in [2.24, 2.45) is 10.7 Å². The lowest BCUT2D eigenvalue weighted by molar-refractivity contribution is -0.112. The van der Waals surface area contributed by atoms with Crippen LogP contribution in [-0.4, -0.2) is 28.4 Å². The van der Waals surface area contributed by atoms with Crippen molar-refractivity contribution < 1.29 is 27.1 Å². The largest absolute Gasteiger partial charge is 0.459 e. The number of alkyl halides is 2. The number of hydrogen-bond donors (Lipinski definition) is 2. The molecule has 1 atom stereocenters. The molecule has 1 aliphatic carbocycles. The summed E-state index contributed by atoms with van der Waals surface area (Å²) in [6.45, 7) is 1.63. The highest BCUT2D eigenvalue weighted by atomic mass is 35.5. The molecule has 6 nitrogen and oxygen atoms in total. The molecule has 1 aromatic carbocycles. The molecule has 0 radical (unpaired) electrons. The minimum absolute atomic E-state index is 0.0328. The van der Waals surface area contributed by atoms with Gasteiger partial charge in [-0.05, 0) is 44.0 Å². The summed E-state index contributed by atoms with van der Waals surface area (Å²) in [6.07, 6.45) is 0.613. The molecule has 1 aliphatic heterocycles. The van der Waals surface area contributed by atoms with Crippen LogP contribution in [0.4, 0.5) is 23.2 Å². The number of anilines is 1. The zero-order valence-corrected chi connectivity index (χ0v) is 18.4. The number of benzene rings is 1. The SMILES string of the molecule is CC1(c2cc(NC(=O)c3ncc(Cl)cc3F)ccc2F)CC2(CCC(F)(F)CC2)OC(N)=N1. The first-order chi connectivity index (χ1) is 15.4. The summed E-state index contributed by atoms with van der Waals surface area (Å²) in [7, 11) is 0. The van der Waals surface area contributed by atoms with Gasteiger partial charge >= 0.3 is 0 Å². The van der Waals surface area contributed by atoms with E-state index in [0.717, 1.165) is 18.3 Å². The van der Waals surface area contributed by atoms with Gasteiger partial charge in [0.05, 0.1) is 10.6 Å². The molecule has 1 amide bonds. The highest BCUT2D eigenvalue weighted by molar-refractivity contribution is 6.30. The molecule has 0 saturated heterocycles. The minimum atomic E-state index is -2.78. The van der Waals surface area contributed by atoms with Crippen LogP contribution in [0.25, 0.3) is 0 Å². The molecule has 1 aromatic heterocycles. The second-order valence-electron chi connectivity index (χ2n) is 8.67. The molecular formula is C22H21ClF4N4O2. The van der Waals surface area contributed by atoms with Crippen LogP contribution < -0.4 is 11.1 Å². The third kappa shape index (κ3) is 4.75. The molecule has 1 unspecified atom stereocenters. The number of nitrogens with zero attached hydrogens (tertiary/aromatic N) is 2. The Hall–Kier alpha value is -2.88. The van der Waals surface area contributed by atoms with Gasteiger partial charge in [0.1, 0.15) is 11.4 Å². The fourth-order valence-electron chi connectivity index (χ4n) is 4.48. The monoisotopic (exact) mass is 484 g/mol. The number of nitrogens with one attached hydrogen (secondary N) is 1. The van der Waals surface area contributed by atoms with Crippen LogP contribution in [0.1, 0.15) is 55.1 Å². The van der Waals surface area contributed by atoms with Gasteiger partial charge in [-0.2, -0.15) is 0 Å². The van der Waals surface area contributed by atoms with Gasteiger partial charge in [-0.1, -0.05) is 11.6 Å². The Balaban J connectivity index is 1.63. The Morgan fingerprint density at radius 1 is 1.15 bits per heavy atom. The number of carbonyl (C=O) groups excluding carboxylic acids is 1. The third-order valence-electron chi connectivity index (χ3n) is 6.06. The first kappa shape index (κ1) is 23.3. The van der Waals surface area contributed by atoms with Crippen molar-refractivity contribution in [3.63, 3.8) is 0 Å². The molecule has 2 heterocycles. The third-order valence-corrected chi connectivity index (χ3v) is 6.27. The predicted octanol–water partition coefficient (Wildman–Crippen LogP) is 5.16. The minimum Gasteiger partial charge on any atom is -0.459 e. The van der Waals surface area contributed by atoms with E-state index in [-0.39, 0.29) is 54.4 Å².